The van der Waals surface area contributed by atoms with Crippen LogP contribution in [-0.2, 0) is 16.6 Å². The first-order chi connectivity index (χ1) is 18.3. The van der Waals surface area contributed by atoms with Gasteiger partial charge in [0.2, 0.25) is 0 Å². The highest BCUT2D eigenvalue weighted by Gasteiger charge is 2.53. The highest BCUT2D eigenvalue weighted by molar-refractivity contribution is 9.10. The SMILES string of the molecule is Cc1nc(-c2ccc(-c3[nH]ncc3Br)cc2)c2c(n1)[C@@]1(c3ccc(F)cc3)C=C(C#N)C(=O)[C@@H](C)[C@@H]1CC2. The lowest BCUT2D eigenvalue weighted by atomic mass is 9.54. The molecule has 0 saturated carbocycles. The lowest BCUT2D eigenvalue weighted by Crippen LogP contribution is -2.48. The van der Waals surface area contributed by atoms with E-state index in [0.29, 0.717) is 18.7 Å². The fraction of sp³-hybridized carbons (Fsp3) is 0.233. The largest absolute Gasteiger partial charge is 0.293 e. The number of nitriles is 1. The number of aryl methyl sites for hydroxylation is 1. The molecule has 0 unspecified atom stereocenters. The topological polar surface area (TPSA) is 95.3 Å². The van der Waals surface area contributed by atoms with Gasteiger partial charge in [-0.05, 0) is 65.4 Å². The number of ketones is 1. The van der Waals surface area contributed by atoms with Gasteiger partial charge in [-0.15, -0.1) is 0 Å². The second kappa shape index (κ2) is 9.10. The van der Waals surface area contributed by atoms with Crippen molar-refractivity contribution in [3.05, 3.63) is 99.3 Å². The van der Waals surface area contributed by atoms with Crippen LogP contribution in [0.25, 0.3) is 22.5 Å². The van der Waals surface area contributed by atoms with Crippen LogP contribution in [0, 0.1) is 35.9 Å². The van der Waals surface area contributed by atoms with E-state index in [4.69, 9.17) is 9.97 Å². The number of nitrogens with one attached hydrogen (secondary N) is 1. The predicted molar refractivity (Wildman–Crippen MR) is 144 cm³/mol. The van der Waals surface area contributed by atoms with Gasteiger partial charge in [-0.3, -0.25) is 9.89 Å². The van der Waals surface area contributed by atoms with Gasteiger partial charge in [0.25, 0.3) is 0 Å². The zero-order valence-corrected chi connectivity index (χ0v) is 22.4. The van der Waals surface area contributed by atoms with E-state index in [1.807, 2.05) is 38.1 Å². The van der Waals surface area contributed by atoms with E-state index in [1.54, 1.807) is 24.4 Å². The van der Waals surface area contributed by atoms with Crippen LogP contribution in [0.2, 0.25) is 0 Å². The van der Waals surface area contributed by atoms with Crippen LogP contribution in [0.15, 0.2) is 70.8 Å². The Balaban J connectivity index is 1.59. The van der Waals surface area contributed by atoms with E-state index < -0.39 is 5.41 Å². The standard InChI is InChI=1S/C30H23BrFN5O/c1-16-24-12-11-23-26(18-3-5-19(6-4-18)27-25(31)15-34-37-27)35-17(2)36-29(23)30(24,13-20(14-33)28(16)38)21-7-9-22(32)10-8-21/h3-10,13,15-16,24H,11-12H2,1-2H3,(H,34,37)/t16-,24-,30+/m0/s1. The number of rotatable bonds is 3. The summed E-state index contributed by atoms with van der Waals surface area (Å²) in [5, 5.41) is 17.0. The van der Waals surface area contributed by atoms with Gasteiger partial charge in [0.15, 0.2) is 5.78 Å². The summed E-state index contributed by atoms with van der Waals surface area (Å²) >= 11 is 3.52. The molecular formula is C30H23BrFN5O. The lowest BCUT2D eigenvalue weighted by Gasteiger charge is -2.48. The predicted octanol–water partition coefficient (Wildman–Crippen LogP) is 6.26. The van der Waals surface area contributed by atoms with Crippen molar-refractivity contribution in [2.75, 3.05) is 0 Å². The summed E-state index contributed by atoms with van der Waals surface area (Å²) in [5.41, 5.74) is 5.54. The van der Waals surface area contributed by atoms with Crippen LogP contribution < -0.4 is 0 Å². The summed E-state index contributed by atoms with van der Waals surface area (Å²) in [6, 6.07) is 16.6. The maximum atomic E-state index is 14.0. The second-order valence-electron chi connectivity index (χ2n) is 9.96. The molecule has 8 heteroatoms. The van der Waals surface area contributed by atoms with E-state index in [9.17, 15) is 14.4 Å². The molecule has 0 amide bonds. The number of H-pyrrole nitrogens is 1. The molecule has 2 aliphatic carbocycles. The van der Waals surface area contributed by atoms with Crippen molar-refractivity contribution in [1.82, 2.24) is 20.2 Å². The van der Waals surface area contributed by atoms with Crippen molar-refractivity contribution in [3.8, 4) is 28.6 Å². The maximum Gasteiger partial charge on any atom is 0.176 e. The second-order valence-corrected chi connectivity index (χ2v) is 10.8. The first-order valence-electron chi connectivity index (χ1n) is 12.4. The van der Waals surface area contributed by atoms with Crippen LogP contribution in [0.1, 0.15) is 36.0 Å². The Kier molecular flexibility index (Phi) is 5.84. The van der Waals surface area contributed by atoms with Gasteiger partial charge >= 0.3 is 0 Å². The number of hydrogen-bond acceptors (Lipinski definition) is 5. The van der Waals surface area contributed by atoms with Crippen molar-refractivity contribution in [2.45, 2.75) is 32.1 Å². The van der Waals surface area contributed by atoms with Crippen LogP contribution in [0.3, 0.4) is 0 Å². The fourth-order valence-corrected chi connectivity index (χ4v) is 6.60. The third kappa shape index (κ3) is 3.64. The average Bonchev–Trinajstić information content (AvgIpc) is 3.36. The molecule has 1 N–H and O–H groups in total. The Hall–Kier alpha value is -3.96. The Labute approximate surface area is 227 Å². The van der Waals surface area contributed by atoms with Crippen LogP contribution in [0.4, 0.5) is 4.39 Å². The van der Waals surface area contributed by atoms with E-state index in [2.05, 4.69) is 32.2 Å². The van der Waals surface area contributed by atoms with Crippen LogP contribution >= 0.6 is 15.9 Å². The normalized spacial score (nSPS) is 22.3. The van der Waals surface area contributed by atoms with Gasteiger partial charge in [-0.25, -0.2) is 14.4 Å². The molecule has 0 fully saturated rings. The van der Waals surface area contributed by atoms with Gasteiger partial charge in [-0.1, -0.05) is 43.3 Å². The van der Waals surface area contributed by atoms with E-state index in [-0.39, 0.29) is 29.0 Å². The summed E-state index contributed by atoms with van der Waals surface area (Å²) in [6.45, 7) is 3.75. The number of fused-ring (bicyclic) bond motifs is 3. The lowest BCUT2D eigenvalue weighted by molar-refractivity contribution is -0.121. The minimum Gasteiger partial charge on any atom is -0.293 e. The summed E-state index contributed by atoms with van der Waals surface area (Å²) in [5.74, 6) is -0.389. The monoisotopic (exact) mass is 567 g/mol. The van der Waals surface area contributed by atoms with E-state index >= 15 is 0 Å². The van der Waals surface area contributed by atoms with Crippen molar-refractivity contribution >= 4 is 21.7 Å². The molecule has 0 spiro atoms. The van der Waals surface area contributed by atoms with Gasteiger partial charge in [-0.2, -0.15) is 10.4 Å². The highest BCUT2D eigenvalue weighted by Crippen LogP contribution is 2.54. The molecule has 3 atom stereocenters. The average molecular weight is 568 g/mol. The molecule has 6 rings (SSSR count). The molecule has 38 heavy (non-hydrogen) atoms. The molecular weight excluding hydrogens is 545 g/mol. The molecule has 6 nitrogen and oxygen atoms in total. The number of halogens is 2. The molecule has 0 saturated heterocycles. The number of Topliss-reactive ketones (excluding diaryl/α,β-unsaturated/α-hetero) is 1. The summed E-state index contributed by atoms with van der Waals surface area (Å²) < 4.78 is 14.9. The number of carbonyl (C=O) groups excluding carboxylic acids is 1. The molecule has 2 aliphatic rings. The Morgan fingerprint density at radius 2 is 1.82 bits per heavy atom. The van der Waals surface area contributed by atoms with Crippen molar-refractivity contribution in [1.29, 1.82) is 5.26 Å². The molecule has 0 bridgehead atoms. The first kappa shape index (κ1) is 24.4. The zero-order chi connectivity index (χ0) is 26.6. The number of aromatic nitrogens is 4. The summed E-state index contributed by atoms with van der Waals surface area (Å²) in [7, 11) is 0. The summed E-state index contributed by atoms with van der Waals surface area (Å²) in [6.07, 6.45) is 4.91. The molecule has 2 aromatic heterocycles. The van der Waals surface area contributed by atoms with Crippen molar-refractivity contribution in [2.24, 2.45) is 11.8 Å². The maximum absolute atomic E-state index is 14.0. The summed E-state index contributed by atoms with van der Waals surface area (Å²) in [4.78, 5) is 22.9. The van der Waals surface area contributed by atoms with Gasteiger partial charge < -0.3 is 0 Å². The van der Waals surface area contributed by atoms with Crippen molar-refractivity contribution in [3.63, 3.8) is 0 Å². The van der Waals surface area contributed by atoms with Gasteiger partial charge in [0.05, 0.1) is 38.7 Å². The molecule has 188 valence electrons. The van der Waals surface area contributed by atoms with Gasteiger partial charge in [0, 0.05) is 22.6 Å². The quantitative estimate of drug-likeness (QED) is 0.315. The number of nitrogens with zero attached hydrogens (tertiary/aromatic N) is 4. The third-order valence-corrected chi connectivity index (χ3v) is 8.54. The number of hydrogen-bond donors (Lipinski definition) is 1. The number of aromatic amines is 1. The molecule has 2 aromatic carbocycles. The molecule has 0 radical (unpaired) electrons. The van der Waals surface area contributed by atoms with Crippen LogP contribution in [0.5, 0.6) is 0 Å². The van der Waals surface area contributed by atoms with Gasteiger partial charge in [0.1, 0.15) is 17.7 Å². The highest BCUT2D eigenvalue weighted by atomic mass is 79.9. The number of benzene rings is 2. The molecule has 2 heterocycles. The Morgan fingerprint density at radius 3 is 2.47 bits per heavy atom. The third-order valence-electron chi connectivity index (χ3n) is 7.94. The fourth-order valence-electron chi connectivity index (χ4n) is 6.18. The van der Waals surface area contributed by atoms with E-state index in [1.165, 1.54) is 12.1 Å². The number of carbonyl (C=O) groups is 1. The minimum atomic E-state index is -0.844. The Bertz CT molecular complexity index is 1650. The van der Waals surface area contributed by atoms with Crippen LogP contribution in [-0.4, -0.2) is 25.9 Å². The first-order valence-corrected chi connectivity index (χ1v) is 13.2. The molecule has 4 aromatic rings. The molecule has 0 aliphatic heterocycles. The number of allylic oxidation sites excluding steroid dienone is 2. The van der Waals surface area contributed by atoms with E-state index in [0.717, 1.165) is 43.8 Å². The zero-order valence-electron chi connectivity index (χ0n) is 20.8. The smallest absolute Gasteiger partial charge is 0.176 e. The Morgan fingerprint density at radius 1 is 1.11 bits per heavy atom. The minimum absolute atomic E-state index is 0.118. The van der Waals surface area contributed by atoms with Crippen molar-refractivity contribution < 1.29 is 9.18 Å².